The largest absolute Gasteiger partial charge is 0.507 e. The molecule has 1 heterocycles. The molecule has 1 saturated heterocycles. The molecule has 1 atom stereocenters. The second kappa shape index (κ2) is 10.4. The summed E-state index contributed by atoms with van der Waals surface area (Å²) < 4.78 is 15.5. The molecule has 3 aromatic rings. The summed E-state index contributed by atoms with van der Waals surface area (Å²) >= 11 is 0. The van der Waals surface area contributed by atoms with Crippen molar-refractivity contribution >= 4 is 29.1 Å². The van der Waals surface area contributed by atoms with Crippen molar-refractivity contribution in [3.63, 3.8) is 0 Å². The van der Waals surface area contributed by atoms with E-state index in [1.54, 1.807) is 60.7 Å². The van der Waals surface area contributed by atoms with Gasteiger partial charge >= 0.3 is 5.97 Å². The first kappa shape index (κ1) is 24.5. The van der Waals surface area contributed by atoms with E-state index in [4.69, 9.17) is 14.2 Å². The number of hydrogen-bond acceptors (Lipinski definition) is 7. The zero-order chi connectivity index (χ0) is 25.8. The molecule has 0 spiro atoms. The van der Waals surface area contributed by atoms with E-state index in [0.717, 1.165) is 0 Å². The van der Waals surface area contributed by atoms with Crippen molar-refractivity contribution in [2.75, 3.05) is 25.7 Å². The van der Waals surface area contributed by atoms with E-state index < -0.39 is 23.7 Å². The molecule has 1 N–H and O–H groups in total. The first-order valence-electron chi connectivity index (χ1n) is 11.3. The summed E-state index contributed by atoms with van der Waals surface area (Å²) in [5.74, 6) is -1.32. The highest BCUT2D eigenvalue weighted by Crippen LogP contribution is 2.43. The SMILES string of the molecule is CCOc1ccc(/C(O)=C2\C(=O)C(=O)N(c3ccc(C(=O)OC)cc3)C2c2cccc(OC)c2)cc1. The Bertz CT molecular complexity index is 1330. The van der Waals surface area contributed by atoms with Crippen molar-refractivity contribution in [2.24, 2.45) is 0 Å². The average molecular weight is 488 g/mol. The van der Waals surface area contributed by atoms with Crippen LogP contribution in [0.25, 0.3) is 5.76 Å². The number of ether oxygens (including phenoxy) is 3. The van der Waals surface area contributed by atoms with Gasteiger partial charge in [0.2, 0.25) is 0 Å². The topological polar surface area (TPSA) is 102 Å². The number of rotatable bonds is 7. The third-order valence-electron chi connectivity index (χ3n) is 5.86. The van der Waals surface area contributed by atoms with E-state index in [2.05, 4.69) is 0 Å². The number of esters is 1. The standard InChI is InChI=1S/C28H25NO7/c1-4-36-21-14-10-17(11-15-21)25(30)23-24(19-6-5-7-22(16-19)34-2)29(27(32)26(23)31)20-12-8-18(9-13-20)28(33)35-3/h5-16,24,30H,4H2,1-3H3/b25-23+. The zero-order valence-corrected chi connectivity index (χ0v) is 20.1. The van der Waals surface area contributed by atoms with Crippen molar-refractivity contribution in [1.29, 1.82) is 0 Å². The number of methoxy groups -OCH3 is 2. The van der Waals surface area contributed by atoms with Crippen molar-refractivity contribution in [1.82, 2.24) is 0 Å². The lowest BCUT2D eigenvalue weighted by molar-refractivity contribution is -0.132. The van der Waals surface area contributed by atoms with Gasteiger partial charge in [-0.1, -0.05) is 12.1 Å². The molecule has 36 heavy (non-hydrogen) atoms. The smallest absolute Gasteiger partial charge is 0.337 e. The summed E-state index contributed by atoms with van der Waals surface area (Å²) in [6.45, 7) is 2.35. The van der Waals surface area contributed by atoms with E-state index in [1.165, 1.54) is 31.3 Å². The maximum atomic E-state index is 13.3. The molecule has 0 aromatic heterocycles. The third-order valence-corrected chi connectivity index (χ3v) is 5.86. The second-order valence-corrected chi connectivity index (χ2v) is 7.94. The fourth-order valence-corrected chi connectivity index (χ4v) is 4.13. The molecule has 8 heteroatoms. The van der Waals surface area contributed by atoms with Crippen LogP contribution in [0.5, 0.6) is 11.5 Å². The average Bonchev–Trinajstić information content (AvgIpc) is 3.18. The van der Waals surface area contributed by atoms with Crippen LogP contribution in [0.3, 0.4) is 0 Å². The van der Waals surface area contributed by atoms with Crippen LogP contribution in [-0.2, 0) is 14.3 Å². The Hall–Kier alpha value is -4.59. The number of aliphatic hydroxyl groups is 1. The van der Waals surface area contributed by atoms with E-state index in [9.17, 15) is 19.5 Å². The lowest BCUT2D eigenvalue weighted by Crippen LogP contribution is -2.29. The van der Waals surface area contributed by atoms with Gasteiger partial charge in [-0.05, 0) is 73.2 Å². The van der Waals surface area contributed by atoms with Gasteiger partial charge in [-0.3, -0.25) is 14.5 Å². The van der Waals surface area contributed by atoms with Gasteiger partial charge in [0.15, 0.2) is 0 Å². The number of carbonyl (C=O) groups excluding carboxylic acids is 3. The Morgan fingerprint density at radius 2 is 1.58 bits per heavy atom. The Kier molecular flexibility index (Phi) is 7.05. The molecule has 3 aromatic carbocycles. The normalized spacial score (nSPS) is 16.6. The Labute approximate surface area is 208 Å². The number of nitrogens with zero attached hydrogens (tertiary/aromatic N) is 1. The highest BCUT2D eigenvalue weighted by Gasteiger charge is 2.47. The highest BCUT2D eigenvalue weighted by molar-refractivity contribution is 6.51. The van der Waals surface area contributed by atoms with Crippen molar-refractivity contribution in [3.05, 3.63) is 95.1 Å². The Morgan fingerprint density at radius 1 is 0.917 bits per heavy atom. The van der Waals surface area contributed by atoms with Crippen molar-refractivity contribution in [2.45, 2.75) is 13.0 Å². The first-order valence-corrected chi connectivity index (χ1v) is 11.3. The number of aliphatic hydroxyl groups excluding tert-OH is 1. The fraction of sp³-hybridized carbons (Fsp3) is 0.179. The molecular formula is C28H25NO7. The molecule has 1 amide bonds. The molecule has 1 fully saturated rings. The summed E-state index contributed by atoms with van der Waals surface area (Å²) in [7, 11) is 2.79. The predicted molar refractivity (Wildman–Crippen MR) is 133 cm³/mol. The molecule has 4 rings (SSSR count). The number of hydrogen-bond donors (Lipinski definition) is 1. The van der Waals surface area contributed by atoms with Gasteiger partial charge in [0.25, 0.3) is 11.7 Å². The molecule has 1 unspecified atom stereocenters. The van der Waals surface area contributed by atoms with Crippen LogP contribution >= 0.6 is 0 Å². The van der Waals surface area contributed by atoms with E-state index >= 15 is 0 Å². The number of ketones is 1. The van der Waals surface area contributed by atoms with Crippen LogP contribution in [-0.4, -0.2) is 43.6 Å². The van der Waals surface area contributed by atoms with Crippen LogP contribution < -0.4 is 14.4 Å². The highest BCUT2D eigenvalue weighted by atomic mass is 16.5. The van der Waals surface area contributed by atoms with Gasteiger partial charge in [0.05, 0.1) is 38.0 Å². The summed E-state index contributed by atoms with van der Waals surface area (Å²) in [4.78, 5) is 39.8. The molecule has 1 aliphatic rings. The van der Waals surface area contributed by atoms with Gasteiger partial charge in [-0.15, -0.1) is 0 Å². The van der Waals surface area contributed by atoms with Gasteiger partial charge < -0.3 is 19.3 Å². The number of benzene rings is 3. The van der Waals surface area contributed by atoms with Crippen molar-refractivity contribution in [3.8, 4) is 11.5 Å². The third kappa shape index (κ3) is 4.53. The summed E-state index contributed by atoms with van der Waals surface area (Å²) in [6.07, 6.45) is 0. The van der Waals surface area contributed by atoms with Gasteiger partial charge in [-0.2, -0.15) is 0 Å². The van der Waals surface area contributed by atoms with E-state index in [0.29, 0.717) is 40.5 Å². The zero-order valence-electron chi connectivity index (χ0n) is 20.1. The Morgan fingerprint density at radius 3 is 2.19 bits per heavy atom. The molecule has 0 radical (unpaired) electrons. The van der Waals surface area contributed by atoms with Gasteiger partial charge in [0.1, 0.15) is 17.3 Å². The van der Waals surface area contributed by atoms with E-state index in [-0.39, 0.29) is 11.3 Å². The molecular weight excluding hydrogens is 462 g/mol. The van der Waals surface area contributed by atoms with Crippen LogP contribution in [0.1, 0.15) is 34.5 Å². The molecule has 8 nitrogen and oxygen atoms in total. The van der Waals surface area contributed by atoms with Gasteiger partial charge in [-0.25, -0.2) is 4.79 Å². The minimum absolute atomic E-state index is 0.0607. The number of Topliss-reactive ketones (excluding diaryl/α,β-unsaturated/α-hetero) is 1. The molecule has 184 valence electrons. The Balaban J connectivity index is 1.87. The van der Waals surface area contributed by atoms with Crippen molar-refractivity contribution < 1.29 is 33.7 Å². The minimum Gasteiger partial charge on any atom is -0.507 e. The van der Waals surface area contributed by atoms with E-state index in [1.807, 2.05) is 6.92 Å². The summed E-state index contributed by atoms with van der Waals surface area (Å²) in [6, 6.07) is 18.8. The van der Waals surface area contributed by atoms with Crippen LogP contribution in [0.15, 0.2) is 78.4 Å². The predicted octanol–water partition coefficient (Wildman–Crippen LogP) is 4.51. The summed E-state index contributed by atoms with van der Waals surface area (Å²) in [5, 5.41) is 11.2. The molecule has 0 aliphatic carbocycles. The first-order chi connectivity index (χ1) is 17.4. The maximum absolute atomic E-state index is 13.3. The molecule has 0 bridgehead atoms. The van der Waals surface area contributed by atoms with Gasteiger partial charge in [0, 0.05) is 11.3 Å². The monoisotopic (exact) mass is 487 g/mol. The minimum atomic E-state index is -0.935. The van der Waals surface area contributed by atoms with Crippen LogP contribution in [0, 0.1) is 0 Å². The second-order valence-electron chi connectivity index (χ2n) is 7.94. The molecule has 0 saturated carbocycles. The lowest BCUT2D eigenvalue weighted by atomic mass is 9.95. The maximum Gasteiger partial charge on any atom is 0.337 e. The number of anilines is 1. The quantitative estimate of drug-likeness (QED) is 0.226. The number of carbonyl (C=O) groups is 3. The van der Waals surface area contributed by atoms with Crippen LogP contribution in [0.4, 0.5) is 5.69 Å². The fourth-order valence-electron chi connectivity index (χ4n) is 4.13. The number of amides is 1. The lowest BCUT2D eigenvalue weighted by Gasteiger charge is -2.26. The summed E-state index contributed by atoms with van der Waals surface area (Å²) in [5.41, 5.74) is 1.55. The van der Waals surface area contributed by atoms with Crippen LogP contribution in [0.2, 0.25) is 0 Å². The molecule has 1 aliphatic heterocycles.